The smallest absolute Gasteiger partial charge is 0.183 e. The lowest BCUT2D eigenvalue weighted by Gasteiger charge is -2.05. The summed E-state index contributed by atoms with van der Waals surface area (Å²) < 4.78 is 0. The molecule has 0 aliphatic heterocycles. The van der Waals surface area contributed by atoms with Crippen LogP contribution in [-0.2, 0) is 12.8 Å². The van der Waals surface area contributed by atoms with Gasteiger partial charge in [-0.1, -0.05) is 68.4 Å². The van der Waals surface area contributed by atoms with Gasteiger partial charge < -0.3 is 5.32 Å². The van der Waals surface area contributed by atoms with Gasteiger partial charge >= 0.3 is 0 Å². The van der Waals surface area contributed by atoms with Crippen LogP contribution in [0.5, 0.6) is 0 Å². The van der Waals surface area contributed by atoms with E-state index in [-0.39, 0.29) is 0 Å². The van der Waals surface area contributed by atoms with Gasteiger partial charge in [0.25, 0.3) is 0 Å². The monoisotopic (exact) mass is 336 g/mol. The third-order valence-electron chi connectivity index (χ3n) is 3.93. The number of hydrogen-bond donors (Lipinski definition) is 1. The van der Waals surface area contributed by atoms with E-state index >= 15 is 0 Å². The van der Waals surface area contributed by atoms with E-state index in [2.05, 4.69) is 79.1 Å². The van der Waals surface area contributed by atoms with E-state index in [0.717, 1.165) is 30.2 Å². The van der Waals surface area contributed by atoms with Crippen molar-refractivity contribution in [2.45, 2.75) is 26.7 Å². The number of nitrogens with zero attached hydrogens (tertiary/aromatic N) is 1. The standard InChI is InChI=1S/C21H24N2S/c1-16(2)14-18-8-10-19(11-9-18)20-15-24-21(23-20)22-13-12-17-6-4-3-5-7-17/h3-11,15-16H,12-14H2,1-2H3,(H,22,23). The zero-order chi connectivity index (χ0) is 16.8. The highest BCUT2D eigenvalue weighted by Crippen LogP contribution is 2.25. The van der Waals surface area contributed by atoms with Crippen molar-refractivity contribution in [1.29, 1.82) is 0 Å². The molecule has 1 aromatic heterocycles. The van der Waals surface area contributed by atoms with E-state index in [1.807, 2.05) is 0 Å². The minimum atomic E-state index is 0.690. The molecule has 0 atom stereocenters. The van der Waals surface area contributed by atoms with E-state index in [4.69, 9.17) is 4.98 Å². The third kappa shape index (κ3) is 4.68. The van der Waals surface area contributed by atoms with Gasteiger partial charge in [0.1, 0.15) is 0 Å². The Morgan fingerprint density at radius 1 is 0.958 bits per heavy atom. The molecule has 3 heteroatoms. The number of aromatic nitrogens is 1. The minimum absolute atomic E-state index is 0.690. The van der Waals surface area contributed by atoms with Crippen molar-refractivity contribution in [3.63, 3.8) is 0 Å². The number of thiazole rings is 1. The maximum Gasteiger partial charge on any atom is 0.183 e. The molecule has 3 rings (SSSR count). The van der Waals surface area contributed by atoms with Crippen LogP contribution >= 0.6 is 11.3 Å². The quantitative estimate of drug-likeness (QED) is 0.602. The molecule has 0 amide bonds. The second-order valence-electron chi connectivity index (χ2n) is 6.50. The van der Waals surface area contributed by atoms with Crippen LogP contribution in [0.4, 0.5) is 5.13 Å². The molecule has 0 unspecified atom stereocenters. The molecule has 0 bridgehead atoms. The number of rotatable bonds is 7. The Balaban J connectivity index is 1.57. The molecule has 0 aliphatic rings. The van der Waals surface area contributed by atoms with Gasteiger partial charge in [0.2, 0.25) is 0 Å². The predicted octanol–water partition coefficient (Wildman–Crippen LogP) is 5.66. The number of anilines is 1. The van der Waals surface area contributed by atoms with Crippen LogP contribution < -0.4 is 5.32 Å². The molecular weight excluding hydrogens is 312 g/mol. The molecule has 0 radical (unpaired) electrons. The number of hydrogen-bond acceptors (Lipinski definition) is 3. The van der Waals surface area contributed by atoms with Crippen LogP contribution in [0.15, 0.2) is 60.0 Å². The second kappa shape index (κ2) is 8.11. The van der Waals surface area contributed by atoms with E-state index in [1.54, 1.807) is 11.3 Å². The first-order valence-electron chi connectivity index (χ1n) is 8.53. The Morgan fingerprint density at radius 2 is 1.71 bits per heavy atom. The topological polar surface area (TPSA) is 24.9 Å². The Kier molecular flexibility index (Phi) is 5.65. The summed E-state index contributed by atoms with van der Waals surface area (Å²) in [4.78, 5) is 4.71. The first-order chi connectivity index (χ1) is 11.7. The molecule has 0 saturated carbocycles. The summed E-state index contributed by atoms with van der Waals surface area (Å²) >= 11 is 1.67. The molecule has 24 heavy (non-hydrogen) atoms. The molecule has 0 saturated heterocycles. The highest BCUT2D eigenvalue weighted by molar-refractivity contribution is 7.14. The van der Waals surface area contributed by atoms with Crippen molar-refractivity contribution in [2.24, 2.45) is 5.92 Å². The van der Waals surface area contributed by atoms with Crippen LogP contribution in [0.3, 0.4) is 0 Å². The summed E-state index contributed by atoms with van der Waals surface area (Å²) in [5, 5.41) is 6.55. The van der Waals surface area contributed by atoms with Crippen LogP contribution in [-0.4, -0.2) is 11.5 Å². The van der Waals surface area contributed by atoms with Crippen molar-refractivity contribution in [1.82, 2.24) is 4.98 Å². The van der Waals surface area contributed by atoms with Gasteiger partial charge in [-0.05, 0) is 29.9 Å². The van der Waals surface area contributed by atoms with Gasteiger partial charge in [-0.15, -0.1) is 11.3 Å². The van der Waals surface area contributed by atoms with Crippen molar-refractivity contribution in [2.75, 3.05) is 11.9 Å². The zero-order valence-corrected chi connectivity index (χ0v) is 15.1. The fourth-order valence-electron chi connectivity index (χ4n) is 2.73. The molecule has 0 aliphatic carbocycles. The summed E-state index contributed by atoms with van der Waals surface area (Å²) in [5.41, 5.74) is 4.99. The molecule has 2 aromatic carbocycles. The SMILES string of the molecule is CC(C)Cc1ccc(-c2csc(NCCc3ccccc3)n2)cc1. The Morgan fingerprint density at radius 3 is 2.42 bits per heavy atom. The highest BCUT2D eigenvalue weighted by Gasteiger charge is 2.05. The molecular formula is C21H24N2S. The third-order valence-corrected chi connectivity index (χ3v) is 4.73. The fraction of sp³-hybridized carbons (Fsp3) is 0.286. The van der Waals surface area contributed by atoms with Crippen molar-refractivity contribution >= 4 is 16.5 Å². The summed E-state index contributed by atoms with van der Waals surface area (Å²) in [6.45, 7) is 5.41. The van der Waals surface area contributed by atoms with Gasteiger partial charge in [-0.2, -0.15) is 0 Å². The van der Waals surface area contributed by atoms with Crippen molar-refractivity contribution < 1.29 is 0 Å². The molecule has 3 aromatic rings. The molecule has 0 spiro atoms. The Bertz CT molecular complexity index is 745. The molecule has 124 valence electrons. The molecule has 1 heterocycles. The Labute approximate surface area is 148 Å². The largest absolute Gasteiger partial charge is 0.361 e. The van der Waals surface area contributed by atoms with E-state index in [9.17, 15) is 0 Å². The van der Waals surface area contributed by atoms with Crippen LogP contribution in [0, 0.1) is 5.92 Å². The fourth-order valence-corrected chi connectivity index (χ4v) is 3.48. The van der Waals surface area contributed by atoms with Gasteiger partial charge in [0.15, 0.2) is 5.13 Å². The zero-order valence-electron chi connectivity index (χ0n) is 14.3. The first-order valence-corrected chi connectivity index (χ1v) is 9.41. The molecule has 0 fully saturated rings. The summed E-state index contributed by atoms with van der Waals surface area (Å²) in [6.07, 6.45) is 2.14. The van der Waals surface area contributed by atoms with Crippen LogP contribution in [0.2, 0.25) is 0 Å². The second-order valence-corrected chi connectivity index (χ2v) is 7.35. The van der Waals surface area contributed by atoms with Crippen LogP contribution in [0.1, 0.15) is 25.0 Å². The van der Waals surface area contributed by atoms with Crippen molar-refractivity contribution in [3.8, 4) is 11.3 Å². The summed E-state index contributed by atoms with van der Waals surface area (Å²) in [6, 6.07) is 19.3. The number of benzene rings is 2. The first kappa shape index (κ1) is 16.7. The highest BCUT2D eigenvalue weighted by atomic mass is 32.1. The lowest BCUT2D eigenvalue weighted by molar-refractivity contribution is 0.647. The van der Waals surface area contributed by atoms with Gasteiger partial charge in [-0.25, -0.2) is 4.98 Å². The predicted molar refractivity (Wildman–Crippen MR) is 105 cm³/mol. The van der Waals surface area contributed by atoms with Gasteiger partial charge in [0, 0.05) is 17.5 Å². The Hall–Kier alpha value is -2.13. The van der Waals surface area contributed by atoms with Gasteiger partial charge in [0.05, 0.1) is 5.69 Å². The summed E-state index contributed by atoms with van der Waals surface area (Å²) in [5.74, 6) is 0.690. The van der Waals surface area contributed by atoms with Gasteiger partial charge in [-0.3, -0.25) is 0 Å². The number of nitrogens with one attached hydrogen (secondary N) is 1. The normalized spacial score (nSPS) is 11.0. The molecule has 2 nitrogen and oxygen atoms in total. The lowest BCUT2D eigenvalue weighted by Crippen LogP contribution is -2.04. The van der Waals surface area contributed by atoms with Crippen molar-refractivity contribution in [3.05, 3.63) is 71.1 Å². The maximum atomic E-state index is 4.71. The average molecular weight is 337 g/mol. The average Bonchev–Trinajstić information content (AvgIpc) is 3.05. The van der Waals surface area contributed by atoms with E-state index < -0.39 is 0 Å². The van der Waals surface area contributed by atoms with E-state index in [0.29, 0.717) is 5.92 Å². The van der Waals surface area contributed by atoms with E-state index in [1.165, 1.54) is 16.7 Å². The molecule has 1 N–H and O–H groups in total. The summed E-state index contributed by atoms with van der Waals surface area (Å²) in [7, 11) is 0. The minimum Gasteiger partial charge on any atom is -0.361 e. The maximum absolute atomic E-state index is 4.71. The lowest BCUT2D eigenvalue weighted by atomic mass is 10.0. The van der Waals surface area contributed by atoms with Crippen LogP contribution in [0.25, 0.3) is 11.3 Å².